The first-order valence-electron chi connectivity index (χ1n) is 7.18. The maximum atomic E-state index is 12.2. The maximum absolute atomic E-state index is 12.2. The predicted octanol–water partition coefficient (Wildman–Crippen LogP) is 3.24. The molecule has 22 heavy (non-hydrogen) atoms. The largest absolute Gasteiger partial charge is 0.490 e. The number of rotatable bonds is 4. The van der Waals surface area contributed by atoms with Gasteiger partial charge in [0, 0.05) is 6.07 Å². The van der Waals surface area contributed by atoms with Crippen LogP contribution in [-0.2, 0) is 4.74 Å². The molecule has 0 N–H and O–H groups in total. The van der Waals surface area contributed by atoms with Crippen molar-refractivity contribution in [3.8, 4) is 17.1 Å². The van der Waals surface area contributed by atoms with Crippen LogP contribution in [0, 0.1) is 0 Å². The molecule has 0 saturated carbocycles. The summed E-state index contributed by atoms with van der Waals surface area (Å²) < 4.78 is 16.8. The molecule has 1 aromatic heterocycles. The average molecular weight is 294 g/mol. The molecule has 4 nitrogen and oxygen atoms in total. The Bertz CT molecular complexity index is 877. The Morgan fingerprint density at radius 1 is 1.09 bits per heavy atom. The fourth-order valence-electron chi connectivity index (χ4n) is 2.38. The highest BCUT2D eigenvalue weighted by molar-refractivity contribution is 5.79. The summed E-state index contributed by atoms with van der Waals surface area (Å²) in [5.74, 6) is 1.20. The van der Waals surface area contributed by atoms with E-state index in [0.717, 1.165) is 12.2 Å². The standard InChI is InChI=1S/C18H14O4/c19-15-9-18(22-17-8-4-1-5-13(15)17)14-6-2-3-7-16(14)21-11-12-10-20-12/h1-9,12H,10-11H2. The van der Waals surface area contributed by atoms with Gasteiger partial charge in [0.2, 0.25) is 0 Å². The third-order valence-electron chi connectivity index (χ3n) is 3.61. The number of benzene rings is 2. The van der Waals surface area contributed by atoms with Crippen LogP contribution in [0.1, 0.15) is 0 Å². The van der Waals surface area contributed by atoms with Crippen molar-refractivity contribution >= 4 is 11.0 Å². The SMILES string of the molecule is O=c1cc(-c2ccccc2OCC2CO2)oc2ccccc12. The molecular weight excluding hydrogens is 280 g/mol. The van der Waals surface area contributed by atoms with Crippen LogP contribution in [0.2, 0.25) is 0 Å². The van der Waals surface area contributed by atoms with Crippen LogP contribution in [0.4, 0.5) is 0 Å². The Labute approximate surface area is 126 Å². The molecule has 1 fully saturated rings. The van der Waals surface area contributed by atoms with Gasteiger partial charge in [0.1, 0.15) is 29.8 Å². The fourth-order valence-corrected chi connectivity index (χ4v) is 2.38. The maximum Gasteiger partial charge on any atom is 0.193 e. The lowest BCUT2D eigenvalue weighted by Crippen LogP contribution is -2.05. The first-order chi connectivity index (χ1) is 10.8. The van der Waals surface area contributed by atoms with Gasteiger partial charge in [-0.25, -0.2) is 0 Å². The smallest absolute Gasteiger partial charge is 0.193 e. The van der Waals surface area contributed by atoms with Crippen LogP contribution >= 0.6 is 0 Å². The van der Waals surface area contributed by atoms with E-state index >= 15 is 0 Å². The highest BCUT2D eigenvalue weighted by atomic mass is 16.6. The van der Waals surface area contributed by atoms with Gasteiger partial charge >= 0.3 is 0 Å². The van der Waals surface area contributed by atoms with Gasteiger partial charge in [0.25, 0.3) is 0 Å². The molecule has 1 unspecified atom stereocenters. The first kappa shape index (κ1) is 13.1. The predicted molar refractivity (Wildman–Crippen MR) is 83.2 cm³/mol. The Kier molecular flexibility index (Phi) is 3.16. The highest BCUT2D eigenvalue weighted by Gasteiger charge is 2.23. The third-order valence-corrected chi connectivity index (χ3v) is 3.61. The van der Waals surface area contributed by atoms with Gasteiger partial charge in [0.15, 0.2) is 5.43 Å². The van der Waals surface area contributed by atoms with Crippen molar-refractivity contribution in [2.45, 2.75) is 6.10 Å². The van der Waals surface area contributed by atoms with Crippen LogP contribution in [0.3, 0.4) is 0 Å². The van der Waals surface area contributed by atoms with E-state index < -0.39 is 0 Å². The van der Waals surface area contributed by atoms with E-state index in [-0.39, 0.29) is 11.5 Å². The Morgan fingerprint density at radius 2 is 1.86 bits per heavy atom. The molecule has 110 valence electrons. The summed E-state index contributed by atoms with van der Waals surface area (Å²) >= 11 is 0. The van der Waals surface area contributed by atoms with E-state index in [1.807, 2.05) is 36.4 Å². The van der Waals surface area contributed by atoms with Crippen molar-refractivity contribution in [3.63, 3.8) is 0 Å². The lowest BCUT2D eigenvalue weighted by Gasteiger charge is -2.10. The minimum atomic E-state index is -0.0582. The average Bonchev–Trinajstić information content (AvgIpc) is 3.37. The van der Waals surface area contributed by atoms with E-state index in [1.165, 1.54) is 6.07 Å². The molecular formula is C18H14O4. The molecule has 0 amide bonds. The second-order valence-corrected chi connectivity index (χ2v) is 5.23. The Hall–Kier alpha value is -2.59. The lowest BCUT2D eigenvalue weighted by molar-refractivity contribution is 0.263. The zero-order valence-electron chi connectivity index (χ0n) is 11.8. The van der Waals surface area contributed by atoms with E-state index in [4.69, 9.17) is 13.9 Å². The summed E-state index contributed by atoms with van der Waals surface area (Å²) in [5, 5.41) is 0.580. The van der Waals surface area contributed by atoms with Crippen molar-refractivity contribution in [1.82, 2.24) is 0 Å². The molecule has 2 heterocycles. The van der Waals surface area contributed by atoms with Crippen LogP contribution in [0.5, 0.6) is 5.75 Å². The van der Waals surface area contributed by atoms with Crippen molar-refractivity contribution < 1.29 is 13.9 Å². The second-order valence-electron chi connectivity index (χ2n) is 5.23. The number of ether oxygens (including phenoxy) is 2. The van der Waals surface area contributed by atoms with Gasteiger partial charge in [-0.3, -0.25) is 4.79 Å². The van der Waals surface area contributed by atoms with Crippen molar-refractivity contribution in [2.24, 2.45) is 0 Å². The van der Waals surface area contributed by atoms with Crippen LogP contribution in [0.25, 0.3) is 22.3 Å². The summed E-state index contributed by atoms with van der Waals surface area (Å²) in [6.07, 6.45) is 0.177. The summed E-state index contributed by atoms with van der Waals surface area (Å²) in [6.45, 7) is 1.25. The number of epoxide rings is 1. The molecule has 0 spiro atoms. The van der Waals surface area contributed by atoms with Gasteiger partial charge in [-0.1, -0.05) is 24.3 Å². The van der Waals surface area contributed by atoms with Gasteiger partial charge < -0.3 is 13.9 Å². The van der Waals surface area contributed by atoms with Crippen molar-refractivity contribution in [2.75, 3.05) is 13.2 Å². The second kappa shape index (κ2) is 5.31. The summed E-state index contributed by atoms with van der Waals surface area (Å²) in [6, 6.07) is 16.3. The van der Waals surface area contributed by atoms with E-state index in [2.05, 4.69) is 0 Å². The Balaban J connectivity index is 1.79. The minimum Gasteiger partial charge on any atom is -0.490 e. The van der Waals surface area contributed by atoms with Crippen molar-refractivity contribution in [3.05, 3.63) is 64.8 Å². The van der Waals surface area contributed by atoms with Crippen LogP contribution < -0.4 is 10.2 Å². The highest BCUT2D eigenvalue weighted by Crippen LogP contribution is 2.31. The van der Waals surface area contributed by atoms with Gasteiger partial charge in [-0.15, -0.1) is 0 Å². The first-order valence-corrected chi connectivity index (χ1v) is 7.18. The topological polar surface area (TPSA) is 52.0 Å². The van der Waals surface area contributed by atoms with Gasteiger partial charge in [-0.2, -0.15) is 0 Å². The molecule has 4 rings (SSSR count). The van der Waals surface area contributed by atoms with E-state index in [1.54, 1.807) is 12.1 Å². The van der Waals surface area contributed by atoms with Gasteiger partial charge in [0.05, 0.1) is 17.6 Å². The molecule has 1 saturated heterocycles. The zero-order valence-corrected chi connectivity index (χ0v) is 11.8. The number of fused-ring (bicyclic) bond motifs is 1. The van der Waals surface area contributed by atoms with Gasteiger partial charge in [-0.05, 0) is 24.3 Å². The van der Waals surface area contributed by atoms with E-state index in [0.29, 0.717) is 29.1 Å². The fraction of sp³-hybridized carbons (Fsp3) is 0.167. The molecule has 1 aliphatic heterocycles. The van der Waals surface area contributed by atoms with E-state index in [9.17, 15) is 4.79 Å². The quantitative estimate of drug-likeness (QED) is 0.693. The third kappa shape index (κ3) is 2.49. The summed E-state index contributed by atoms with van der Waals surface area (Å²) in [5.41, 5.74) is 1.29. The van der Waals surface area contributed by atoms with Crippen LogP contribution in [0.15, 0.2) is 63.8 Å². The lowest BCUT2D eigenvalue weighted by atomic mass is 10.1. The monoisotopic (exact) mass is 294 g/mol. The van der Waals surface area contributed by atoms with Crippen LogP contribution in [-0.4, -0.2) is 19.3 Å². The summed E-state index contributed by atoms with van der Waals surface area (Å²) in [4.78, 5) is 12.2. The zero-order chi connectivity index (χ0) is 14.9. The number of hydrogen-bond donors (Lipinski definition) is 0. The molecule has 1 aliphatic rings. The Morgan fingerprint density at radius 3 is 2.73 bits per heavy atom. The summed E-state index contributed by atoms with van der Waals surface area (Å²) in [7, 11) is 0. The number of hydrogen-bond acceptors (Lipinski definition) is 4. The molecule has 4 heteroatoms. The molecule has 3 aromatic rings. The number of para-hydroxylation sites is 2. The van der Waals surface area contributed by atoms with Crippen molar-refractivity contribution in [1.29, 1.82) is 0 Å². The molecule has 0 radical (unpaired) electrons. The molecule has 2 aromatic carbocycles. The normalized spacial score (nSPS) is 16.6. The molecule has 0 bridgehead atoms. The molecule has 0 aliphatic carbocycles. The molecule has 1 atom stereocenters. The minimum absolute atomic E-state index is 0.0582.